The van der Waals surface area contributed by atoms with Crippen LogP contribution < -0.4 is 0 Å². The first kappa shape index (κ1) is 14.3. The van der Waals surface area contributed by atoms with Crippen molar-refractivity contribution in [1.29, 1.82) is 0 Å². The summed E-state index contributed by atoms with van der Waals surface area (Å²) < 4.78 is 63.3. The van der Waals surface area contributed by atoms with Crippen LogP contribution in [-0.4, -0.2) is 23.5 Å². The van der Waals surface area contributed by atoms with E-state index in [0.29, 0.717) is 21.3 Å². The highest BCUT2D eigenvalue weighted by molar-refractivity contribution is 7.92. The molecule has 9 heteroatoms. The van der Waals surface area contributed by atoms with Crippen LogP contribution in [0.1, 0.15) is 5.01 Å². The van der Waals surface area contributed by atoms with Crippen molar-refractivity contribution in [3.63, 3.8) is 0 Å². The molecule has 0 amide bonds. The van der Waals surface area contributed by atoms with E-state index in [4.69, 9.17) is 0 Å². The number of alkyl halides is 3. The highest BCUT2D eigenvalue weighted by Crippen LogP contribution is 2.36. The molecule has 21 heavy (non-hydrogen) atoms. The van der Waals surface area contributed by atoms with E-state index in [0.717, 1.165) is 17.1 Å². The summed E-state index contributed by atoms with van der Waals surface area (Å²) in [6, 6.07) is 3.41. The maximum atomic E-state index is 12.6. The lowest BCUT2D eigenvalue weighted by Crippen LogP contribution is -2.23. The molecule has 0 unspecified atom stereocenters. The van der Waals surface area contributed by atoms with Gasteiger partial charge in [-0.3, -0.25) is 0 Å². The van der Waals surface area contributed by atoms with Crippen molar-refractivity contribution in [2.24, 2.45) is 7.05 Å². The van der Waals surface area contributed by atoms with Crippen LogP contribution in [0.2, 0.25) is 0 Å². The minimum Gasteiger partial charge on any atom is -0.328 e. The lowest BCUT2D eigenvalue weighted by Gasteiger charge is -2.08. The van der Waals surface area contributed by atoms with Crippen LogP contribution >= 0.6 is 11.3 Å². The molecule has 0 aliphatic carbocycles. The molecule has 1 aromatic carbocycles. The first-order valence-corrected chi connectivity index (χ1v) is 8.10. The zero-order valence-corrected chi connectivity index (χ0v) is 12.5. The number of fused-ring (bicyclic) bond motifs is 3. The predicted octanol–water partition coefficient (Wildman–Crippen LogP) is 3.39. The van der Waals surface area contributed by atoms with Crippen LogP contribution in [0.3, 0.4) is 0 Å². The number of benzene rings is 1. The number of thiazole rings is 1. The van der Waals surface area contributed by atoms with Crippen molar-refractivity contribution in [2.75, 3.05) is 0 Å². The van der Waals surface area contributed by atoms with E-state index in [-0.39, 0.29) is 0 Å². The molecule has 4 nitrogen and oxygen atoms in total. The van der Waals surface area contributed by atoms with E-state index in [1.165, 1.54) is 17.4 Å². The number of hydrogen-bond donors (Lipinski definition) is 0. The van der Waals surface area contributed by atoms with E-state index >= 15 is 0 Å². The Bertz CT molecular complexity index is 968. The molecule has 0 N–H and O–H groups in total. The molecule has 0 spiro atoms. The van der Waals surface area contributed by atoms with Gasteiger partial charge in [-0.25, -0.2) is 13.4 Å². The molecule has 3 rings (SSSR count). The van der Waals surface area contributed by atoms with Gasteiger partial charge in [0, 0.05) is 12.4 Å². The molecule has 0 fully saturated rings. The van der Waals surface area contributed by atoms with Crippen molar-refractivity contribution in [3.8, 4) is 0 Å². The van der Waals surface area contributed by atoms with Crippen LogP contribution in [0.5, 0.6) is 0 Å². The second-order valence-corrected chi connectivity index (χ2v) is 7.72. The van der Waals surface area contributed by atoms with Gasteiger partial charge in [-0.1, -0.05) is 0 Å². The Morgan fingerprint density at radius 2 is 1.95 bits per heavy atom. The Morgan fingerprint density at radius 3 is 2.57 bits per heavy atom. The summed E-state index contributed by atoms with van der Waals surface area (Å²) in [5.41, 5.74) is -4.03. The minimum atomic E-state index is -5.35. The highest BCUT2D eigenvalue weighted by Gasteiger charge is 2.47. The molecule has 0 radical (unpaired) electrons. The number of hydrogen-bond acceptors (Lipinski definition) is 4. The Hall–Kier alpha value is -1.61. The van der Waals surface area contributed by atoms with Crippen LogP contribution in [0.25, 0.3) is 21.3 Å². The number of rotatable bonds is 1. The van der Waals surface area contributed by atoms with Gasteiger partial charge in [0.05, 0.1) is 20.1 Å². The number of nitrogens with zero attached hydrogens (tertiary/aromatic N) is 2. The maximum absolute atomic E-state index is 12.6. The van der Waals surface area contributed by atoms with Gasteiger partial charge < -0.3 is 4.57 Å². The SMILES string of the molecule is Cc1nc2c(s1)c1cc(S(=O)(=O)C(F)(F)F)ccc1n2C. The van der Waals surface area contributed by atoms with E-state index in [2.05, 4.69) is 4.98 Å². The summed E-state index contributed by atoms with van der Waals surface area (Å²) in [5.74, 6) is 0. The largest absolute Gasteiger partial charge is 0.501 e. The quantitative estimate of drug-likeness (QED) is 0.685. The van der Waals surface area contributed by atoms with Crippen molar-refractivity contribution in [1.82, 2.24) is 9.55 Å². The smallest absolute Gasteiger partial charge is 0.328 e. The molecule has 0 bridgehead atoms. The number of halogens is 3. The van der Waals surface area contributed by atoms with Gasteiger partial charge in [-0.15, -0.1) is 11.3 Å². The van der Waals surface area contributed by atoms with Gasteiger partial charge in [0.1, 0.15) is 0 Å². The Morgan fingerprint density at radius 1 is 1.29 bits per heavy atom. The Balaban J connectivity index is 2.37. The van der Waals surface area contributed by atoms with Gasteiger partial charge in [-0.2, -0.15) is 13.2 Å². The van der Waals surface area contributed by atoms with E-state index in [1.807, 2.05) is 0 Å². The van der Waals surface area contributed by atoms with Crippen molar-refractivity contribution >= 4 is 42.4 Å². The third kappa shape index (κ3) is 1.95. The second kappa shape index (κ2) is 4.20. The lowest BCUT2D eigenvalue weighted by molar-refractivity contribution is -0.0435. The molecule has 2 aromatic heterocycles. The van der Waals surface area contributed by atoms with Gasteiger partial charge in [0.25, 0.3) is 9.84 Å². The fourth-order valence-corrected chi connectivity index (χ4v) is 3.99. The molecule has 0 atom stereocenters. The fraction of sp³-hybridized carbons (Fsp3) is 0.250. The normalized spacial score (nSPS) is 13.4. The molecule has 112 valence electrons. The van der Waals surface area contributed by atoms with Gasteiger partial charge in [-0.05, 0) is 25.1 Å². The molecule has 3 aromatic rings. The second-order valence-electron chi connectivity index (χ2n) is 4.57. The monoisotopic (exact) mass is 334 g/mol. The summed E-state index contributed by atoms with van der Waals surface area (Å²) in [4.78, 5) is 3.55. The average Bonchev–Trinajstić information content (AvgIpc) is 2.87. The van der Waals surface area contributed by atoms with Gasteiger partial charge in [0.2, 0.25) is 0 Å². The molecular weight excluding hydrogens is 325 g/mol. The summed E-state index contributed by atoms with van der Waals surface area (Å²) in [6.45, 7) is 1.78. The minimum absolute atomic E-state index is 0.462. The summed E-state index contributed by atoms with van der Waals surface area (Å²) in [6.07, 6.45) is 0. The molecule has 0 aliphatic rings. The molecule has 0 saturated carbocycles. The first-order valence-electron chi connectivity index (χ1n) is 5.80. The van der Waals surface area contributed by atoms with E-state index in [1.54, 1.807) is 18.5 Å². The third-order valence-electron chi connectivity index (χ3n) is 3.22. The molecule has 2 heterocycles. The topological polar surface area (TPSA) is 52.0 Å². The van der Waals surface area contributed by atoms with Crippen molar-refractivity contribution in [3.05, 3.63) is 23.2 Å². The van der Waals surface area contributed by atoms with Crippen molar-refractivity contribution < 1.29 is 21.6 Å². The lowest BCUT2D eigenvalue weighted by atomic mass is 10.2. The van der Waals surface area contributed by atoms with E-state index in [9.17, 15) is 21.6 Å². The third-order valence-corrected chi connectivity index (χ3v) is 5.70. The van der Waals surface area contributed by atoms with Gasteiger partial charge in [0.15, 0.2) is 5.65 Å². The first-order chi connectivity index (χ1) is 9.63. The zero-order chi connectivity index (χ0) is 15.6. The predicted molar refractivity (Wildman–Crippen MR) is 74.1 cm³/mol. The standard InChI is InChI=1S/C12H9F3N2O2S2/c1-6-16-11-10(20-6)8-5-7(3-4-9(8)17(11)2)21(18,19)12(13,14)15/h3-5H,1-2H3. The van der Waals surface area contributed by atoms with Crippen LogP contribution in [0, 0.1) is 6.92 Å². The zero-order valence-electron chi connectivity index (χ0n) is 10.9. The maximum Gasteiger partial charge on any atom is 0.501 e. The van der Waals surface area contributed by atoms with Crippen LogP contribution in [0.4, 0.5) is 13.2 Å². The number of aryl methyl sites for hydroxylation is 2. The molecule has 0 aliphatic heterocycles. The highest BCUT2D eigenvalue weighted by atomic mass is 32.2. The molecule has 0 saturated heterocycles. The Kier molecular flexibility index (Phi) is 2.87. The summed E-state index contributed by atoms with van der Waals surface area (Å²) in [5, 5.41) is 1.23. The summed E-state index contributed by atoms with van der Waals surface area (Å²) in [7, 11) is -3.61. The van der Waals surface area contributed by atoms with E-state index < -0.39 is 20.2 Å². The average molecular weight is 334 g/mol. The number of aromatic nitrogens is 2. The fourth-order valence-electron chi connectivity index (χ4n) is 2.22. The van der Waals surface area contributed by atoms with Crippen molar-refractivity contribution in [2.45, 2.75) is 17.3 Å². The van der Waals surface area contributed by atoms with Crippen LogP contribution in [0.15, 0.2) is 23.1 Å². The Labute approximate surface area is 121 Å². The van der Waals surface area contributed by atoms with Crippen LogP contribution in [-0.2, 0) is 16.9 Å². The number of sulfone groups is 1. The molecular formula is C12H9F3N2O2S2. The summed E-state index contributed by atoms with van der Waals surface area (Å²) >= 11 is 1.32. The van der Waals surface area contributed by atoms with Gasteiger partial charge >= 0.3 is 5.51 Å².